The number of guanidine groups is 1. The molecule has 1 heterocycles. The fraction of sp³-hybridized carbons (Fsp3) is 0.941. The number of nitrogens with zero attached hydrogens (tertiary/aromatic N) is 1. The second-order valence-electron chi connectivity index (χ2n) is 7.05. The Labute approximate surface area is 140 Å². The summed E-state index contributed by atoms with van der Waals surface area (Å²) < 4.78 is 5.65. The van der Waals surface area contributed by atoms with Gasteiger partial charge in [-0.1, -0.05) is 6.42 Å². The summed E-state index contributed by atoms with van der Waals surface area (Å²) in [5.74, 6) is 2.28. The summed E-state index contributed by atoms with van der Waals surface area (Å²) in [7, 11) is 1.79. The van der Waals surface area contributed by atoms with Crippen molar-refractivity contribution in [3.63, 3.8) is 0 Å². The molecule has 1 atom stereocenters. The summed E-state index contributed by atoms with van der Waals surface area (Å²) in [4.78, 5) is 4.88. The summed E-state index contributed by atoms with van der Waals surface area (Å²) in [6.07, 6.45) is 7.73. The van der Waals surface area contributed by atoms with Gasteiger partial charge in [-0.3, -0.25) is 4.99 Å². The van der Waals surface area contributed by atoms with E-state index in [1.54, 1.807) is 7.11 Å². The van der Waals surface area contributed by atoms with E-state index < -0.39 is 0 Å². The van der Waals surface area contributed by atoms with Crippen molar-refractivity contribution in [1.29, 1.82) is 0 Å². The first-order valence-electron chi connectivity index (χ1n) is 8.77. The van der Waals surface area contributed by atoms with E-state index in [1.807, 2.05) is 0 Å². The normalized spacial score (nSPS) is 27.5. The molecular weight excluding hydrogens is 294 g/mol. The molecular formula is C17H33N3OS. The lowest BCUT2D eigenvalue weighted by Gasteiger charge is -2.41. The summed E-state index contributed by atoms with van der Waals surface area (Å²) in [5, 5.41) is 6.97. The molecule has 128 valence electrons. The van der Waals surface area contributed by atoms with Gasteiger partial charge in [0.1, 0.15) is 0 Å². The van der Waals surface area contributed by atoms with Crippen LogP contribution in [0.25, 0.3) is 0 Å². The predicted molar refractivity (Wildman–Crippen MR) is 96.9 cm³/mol. The minimum absolute atomic E-state index is 0.375. The van der Waals surface area contributed by atoms with Crippen molar-refractivity contribution >= 4 is 17.7 Å². The number of nitrogens with one attached hydrogen (secondary N) is 2. The summed E-state index contributed by atoms with van der Waals surface area (Å²) in [6.45, 7) is 8.21. The molecule has 2 fully saturated rings. The van der Waals surface area contributed by atoms with Crippen LogP contribution in [0.3, 0.4) is 0 Å². The first kappa shape index (κ1) is 17.9. The third-order valence-electron chi connectivity index (χ3n) is 5.10. The topological polar surface area (TPSA) is 45.7 Å². The molecule has 1 aliphatic carbocycles. The molecule has 0 spiro atoms. The van der Waals surface area contributed by atoms with Crippen LogP contribution in [0.5, 0.6) is 0 Å². The fourth-order valence-corrected chi connectivity index (χ4v) is 4.56. The van der Waals surface area contributed by atoms with Gasteiger partial charge >= 0.3 is 0 Å². The zero-order chi connectivity index (χ0) is 15.9. The van der Waals surface area contributed by atoms with Crippen LogP contribution in [0.15, 0.2) is 4.99 Å². The maximum Gasteiger partial charge on any atom is 0.191 e. The average molecular weight is 328 g/mol. The summed E-state index contributed by atoms with van der Waals surface area (Å²) in [6, 6.07) is 0. The van der Waals surface area contributed by atoms with Gasteiger partial charge in [-0.15, -0.1) is 0 Å². The Morgan fingerprint density at radius 3 is 2.59 bits per heavy atom. The van der Waals surface area contributed by atoms with Crippen LogP contribution in [0.2, 0.25) is 0 Å². The van der Waals surface area contributed by atoms with Crippen molar-refractivity contribution in [1.82, 2.24) is 10.6 Å². The van der Waals surface area contributed by atoms with Gasteiger partial charge in [0.2, 0.25) is 0 Å². The Kier molecular flexibility index (Phi) is 6.87. The number of ether oxygens (including phenoxy) is 1. The lowest BCUT2D eigenvalue weighted by atomic mass is 9.67. The van der Waals surface area contributed by atoms with Crippen molar-refractivity contribution in [2.75, 3.05) is 39.1 Å². The van der Waals surface area contributed by atoms with Crippen LogP contribution < -0.4 is 10.6 Å². The molecule has 0 amide bonds. The summed E-state index contributed by atoms with van der Waals surface area (Å²) >= 11 is 2.09. The van der Waals surface area contributed by atoms with E-state index in [0.717, 1.165) is 38.6 Å². The van der Waals surface area contributed by atoms with Crippen LogP contribution in [0, 0.1) is 5.41 Å². The van der Waals surface area contributed by atoms with Crippen LogP contribution in [-0.2, 0) is 4.74 Å². The van der Waals surface area contributed by atoms with E-state index in [0.29, 0.717) is 10.2 Å². The predicted octanol–water partition coefficient (Wildman–Crippen LogP) is 3.03. The van der Waals surface area contributed by atoms with Gasteiger partial charge in [0.05, 0.1) is 0 Å². The number of thioether (sulfide) groups is 1. The van der Waals surface area contributed by atoms with Crippen molar-refractivity contribution in [2.24, 2.45) is 10.4 Å². The van der Waals surface area contributed by atoms with Gasteiger partial charge < -0.3 is 15.4 Å². The van der Waals surface area contributed by atoms with Crippen LogP contribution in [0.1, 0.15) is 52.4 Å². The Hall–Kier alpha value is -0.420. The van der Waals surface area contributed by atoms with Crippen LogP contribution in [0.4, 0.5) is 0 Å². The SMILES string of the molecule is CCNC(=NCC1(CCOC)CCC1)NCC1(C)CCCS1. The first-order valence-corrected chi connectivity index (χ1v) is 9.75. The Balaban J connectivity index is 1.85. The molecule has 0 aromatic rings. The minimum atomic E-state index is 0.375. The highest BCUT2D eigenvalue weighted by atomic mass is 32.2. The number of methoxy groups -OCH3 is 1. The Bertz CT molecular complexity index is 363. The molecule has 0 aromatic carbocycles. The lowest BCUT2D eigenvalue weighted by molar-refractivity contribution is 0.0778. The molecule has 2 aliphatic rings. The molecule has 0 aromatic heterocycles. The van der Waals surface area contributed by atoms with Crippen molar-refractivity contribution < 1.29 is 4.74 Å². The quantitative estimate of drug-likeness (QED) is 0.531. The molecule has 2 N–H and O–H groups in total. The first-order chi connectivity index (χ1) is 10.6. The zero-order valence-corrected chi connectivity index (χ0v) is 15.4. The fourth-order valence-electron chi connectivity index (χ4n) is 3.32. The highest BCUT2D eigenvalue weighted by Crippen LogP contribution is 2.44. The van der Waals surface area contributed by atoms with Gasteiger partial charge in [0.25, 0.3) is 0 Å². The highest BCUT2D eigenvalue weighted by molar-refractivity contribution is 8.00. The van der Waals surface area contributed by atoms with Gasteiger partial charge in [-0.05, 0) is 57.1 Å². The number of hydrogen-bond donors (Lipinski definition) is 2. The molecule has 1 aliphatic heterocycles. The second kappa shape index (κ2) is 8.44. The summed E-state index contributed by atoms with van der Waals surface area (Å²) in [5.41, 5.74) is 0.393. The zero-order valence-electron chi connectivity index (χ0n) is 14.5. The smallest absolute Gasteiger partial charge is 0.191 e. The maximum atomic E-state index is 5.27. The van der Waals surface area contributed by atoms with E-state index in [-0.39, 0.29) is 0 Å². The van der Waals surface area contributed by atoms with Gasteiger partial charge in [-0.2, -0.15) is 11.8 Å². The van der Waals surface area contributed by atoms with Crippen LogP contribution >= 0.6 is 11.8 Å². The van der Waals surface area contributed by atoms with Crippen molar-refractivity contribution in [2.45, 2.75) is 57.1 Å². The van der Waals surface area contributed by atoms with E-state index in [9.17, 15) is 0 Å². The molecule has 5 heteroatoms. The molecule has 2 rings (SSSR count). The van der Waals surface area contributed by atoms with E-state index in [2.05, 4.69) is 36.2 Å². The number of hydrogen-bond acceptors (Lipinski definition) is 3. The number of aliphatic imine (C=N–C) groups is 1. The Morgan fingerprint density at radius 1 is 1.23 bits per heavy atom. The molecule has 1 saturated carbocycles. The number of rotatable bonds is 8. The van der Waals surface area contributed by atoms with E-state index >= 15 is 0 Å². The van der Waals surface area contributed by atoms with E-state index in [1.165, 1.54) is 37.9 Å². The molecule has 1 saturated heterocycles. The molecule has 22 heavy (non-hydrogen) atoms. The van der Waals surface area contributed by atoms with Gasteiger partial charge in [0.15, 0.2) is 5.96 Å². The molecule has 0 bridgehead atoms. The van der Waals surface area contributed by atoms with Gasteiger partial charge in [0, 0.05) is 38.1 Å². The molecule has 0 radical (unpaired) electrons. The van der Waals surface area contributed by atoms with Crippen LogP contribution in [-0.4, -0.2) is 49.8 Å². The van der Waals surface area contributed by atoms with Crippen molar-refractivity contribution in [3.8, 4) is 0 Å². The van der Waals surface area contributed by atoms with Gasteiger partial charge in [-0.25, -0.2) is 0 Å². The second-order valence-corrected chi connectivity index (χ2v) is 8.73. The maximum absolute atomic E-state index is 5.27. The van der Waals surface area contributed by atoms with E-state index in [4.69, 9.17) is 9.73 Å². The monoisotopic (exact) mass is 327 g/mol. The third kappa shape index (κ3) is 5.05. The largest absolute Gasteiger partial charge is 0.385 e. The molecule has 1 unspecified atom stereocenters. The lowest BCUT2D eigenvalue weighted by Crippen LogP contribution is -2.44. The standard InChI is InChI=1S/C17H33N3OS/c1-4-18-15(19-13-16(2)7-6-12-22-16)20-14-17(8-5-9-17)10-11-21-3/h4-14H2,1-3H3,(H2,18,19,20). The average Bonchev–Trinajstić information content (AvgIpc) is 2.90. The Morgan fingerprint density at radius 2 is 2.05 bits per heavy atom. The highest BCUT2D eigenvalue weighted by Gasteiger charge is 2.36. The minimum Gasteiger partial charge on any atom is -0.385 e. The van der Waals surface area contributed by atoms with Crippen molar-refractivity contribution in [3.05, 3.63) is 0 Å². The molecule has 4 nitrogen and oxygen atoms in total. The third-order valence-corrected chi connectivity index (χ3v) is 6.64.